The van der Waals surface area contributed by atoms with Crippen LogP contribution < -0.4 is 0 Å². The fraction of sp³-hybridized carbons (Fsp3) is 0.609. The van der Waals surface area contributed by atoms with Crippen LogP contribution in [0, 0.1) is 6.57 Å². The van der Waals surface area contributed by atoms with E-state index >= 15 is 0 Å². The molecule has 7 nitrogen and oxygen atoms in total. The van der Waals surface area contributed by atoms with Gasteiger partial charge in [-0.3, -0.25) is 4.79 Å². The molecule has 2 saturated heterocycles. The van der Waals surface area contributed by atoms with Gasteiger partial charge in [0.05, 0.1) is 30.9 Å². The van der Waals surface area contributed by atoms with Gasteiger partial charge >= 0.3 is 6.09 Å². The predicted octanol–water partition coefficient (Wildman–Crippen LogP) is 4.01. The van der Waals surface area contributed by atoms with E-state index in [2.05, 4.69) is 4.85 Å². The summed E-state index contributed by atoms with van der Waals surface area (Å²) in [6.45, 7) is 15.1. The van der Waals surface area contributed by atoms with Gasteiger partial charge in [-0.15, -0.1) is 0 Å². The Morgan fingerprint density at radius 2 is 1.63 bits per heavy atom. The van der Waals surface area contributed by atoms with Crippen molar-refractivity contribution in [2.45, 2.75) is 63.3 Å². The molecular weight excluding hydrogens is 382 g/mol. The maximum atomic E-state index is 13.3. The smallest absolute Gasteiger partial charge is 0.410 e. The molecule has 0 N–H and O–H groups in total. The number of likely N-dealkylation sites (tertiary alicyclic amines) is 1. The molecule has 2 heterocycles. The summed E-state index contributed by atoms with van der Waals surface area (Å²) < 4.78 is 12.1. The van der Waals surface area contributed by atoms with E-state index in [1.54, 1.807) is 29.2 Å². The fourth-order valence-electron chi connectivity index (χ4n) is 4.42. The summed E-state index contributed by atoms with van der Waals surface area (Å²) in [5.41, 5.74) is -0.407. The van der Waals surface area contributed by atoms with E-state index in [0.717, 1.165) is 12.8 Å². The van der Waals surface area contributed by atoms with E-state index < -0.39 is 11.2 Å². The number of nitrogens with zero attached hydrogens (tertiary/aromatic N) is 3. The Bertz CT molecular complexity index is 886. The highest BCUT2D eigenvalue weighted by Crippen LogP contribution is 2.49. The standard InChI is InChI=1S/C23H29N3O4/c1-21(2,3)29-20(28)25-13-11-23(12-14-25)16-26(15-22(30-23)9-10-22)19(27)17-7-5-6-8-18(17)24-4/h5-8H,9-16H2,1-3H3. The maximum Gasteiger partial charge on any atom is 0.410 e. The minimum absolute atomic E-state index is 0.106. The van der Waals surface area contributed by atoms with Crippen LogP contribution in [-0.2, 0) is 9.47 Å². The Balaban J connectivity index is 1.49. The summed E-state index contributed by atoms with van der Waals surface area (Å²) >= 11 is 0. The second-order valence-electron chi connectivity index (χ2n) is 9.73. The average Bonchev–Trinajstić information content (AvgIpc) is 3.43. The molecule has 1 aromatic rings. The lowest BCUT2D eigenvalue weighted by molar-refractivity contribution is -0.178. The van der Waals surface area contributed by atoms with Crippen molar-refractivity contribution in [1.82, 2.24) is 9.80 Å². The molecule has 1 saturated carbocycles. The predicted molar refractivity (Wildman–Crippen MR) is 111 cm³/mol. The minimum Gasteiger partial charge on any atom is -0.444 e. The number of amides is 2. The van der Waals surface area contributed by atoms with Crippen LogP contribution in [0.2, 0.25) is 0 Å². The summed E-state index contributed by atoms with van der Waals surface area (Å²) in [5, 5.41) is 0. The van der Waals surface area contributed by atoms with Crippen LogP contribution >= 0.6 is 0 Å². The lowest BCUT2D eigenvalue weighted by atomic mass is 9.88. The molecule has 0 atom stereocenters. The maximum absolute atomic E-state index is 13.3. The number of carbonyl (C=O) groups is 2. The molecule has 160 valence electrons. The summed E-state index contributed by atoms with van der Waals surface area (Å²) in [5.74, 6) is -0.106. The number of carbonyl (C=O) groups excluding carboxylic acids is 2. The quantitative estimate of drug-likeness (QED) is 0.655. The molecule has 3 aliphatic rings. The van der Waals surface area contributed by atoms with Crippen molar-refractivity contribution >= 4 is 17.7 Å². The number of morpholine rings is 1. The Morgan fingerprint density at radius 1 is 1.03 bits per heavy atom. The molecule has 0 aromatic heterocycles. The van der Waals surface area contributed by atoms with Crippen molar-refractivity contribution in [2.75, 3.05) is 26.2 Å². The molecule has 0 unspecified atom stereocenters. The fourth-order valence-corrected chi connectivity index (χ4v) is 4.42. The van der Waals surface area contributed by atoms with E-state index in [9.17, 15) is 9.59 Å². The van der Waals surface area contributed by atoms with Crippen LogP contribution in [0.5, 0.6) is 0 Å². The Labute approximate surface area is 177 Å². The number of hydrogen-bond acceptors (Lipinski definition) is 4. The number of hydrogen-bond donors (Lipinski definition) is 0. The first-order chi connectivity index (χ1) is 14.1. The van der Waals surface area contributed by atoms with Gasteiger partial charge in [-0.25, -0.2) is 9.64 Å². The monoisotopic (exact) mass is 411 g/mol. The number of piperidine rings is 1. The molecule has 1 aromatic carbocycles. The first-order valence-electron chi connectivity index (χ1n) is 10.6. The van der Waals surface area contributed by atoms with Gasteiger partial charge in [0, 0.05) is 18.7 Å². The Kier molecular flexibility index (Phi) is 5.01. The molecule has 7 heteroatoms. The van der Waals surface area contributed by atoms with Crippen LogP contribution in [0.1, 0.15) is 56.8 Å². The van der Waals surface area contributed by atoms with Crippen molar-refractivity contribution in [3.8, 4) is 0 Å². The lowest BCUT2D eigenvalue weighted by Gasteiger charge is -2.50. The van der Waals surface area contributed by atoms with Gasteiger partial charge in [0.15, 0.2) is 5.69 Å². The molecule has 1 aliphatic carbocycles. The topological polar surface area (TPSA) is 63.4 Å². The van der Waals surface area contributed by atoms with Gasteiger partial charge in [0.2, 0.25) is 5.91 Å². The second kappa shape index (κ2) is 7.28. The summed E-state index contributed by atoms with van der Waals surface area (Å²) in [4.78, 5) is 32.8. The summed E-state index contributed by atoms with van der Waals surface area (Å²) in [6, 6.07) is 6.98. The first kappa shape index (κ1) is 20.7. The van der Waals surface area contributed by atoms with E-state index in [-0.39, 0.29) is 17.6 Å². The van der Waals surface area contributed by atoms with Crippen molar-refractivity contribution in [2.24, 2.45) is 0 Å². The SMILES string of the molecule is [C-]#[N+]c1ccccc1C(=O)N1CC2(CCN(C(=O)OC(C)(C)C)CC2)OC2(CC2)C1. The molecule has 2 spiro atoms. The largest absolute Gasteiger partial charge is 0.444 e. The Hall–Kier alpha value is -2.59. The van der Waals surface area contributed by atoms with E-state index in [1.165, 1.54) is 0 Å². The number of ether oxygens (including phenoxy) is 2. The van der Waals surface area contributed by atoms with Gasteiger partial charge in [0.1, 0.15) is 5.60 Å². The second-order valence-corrected chi connectivity index (χ2v) is 9.73. The molecule has 4 rings (SSSR count). The van der Waals surface area contributed by atoms with Crippen LogP contribution in [-0.4, -0.2) is 64.8 Å². The highest BCUT2D eigenvalue weighted by molar-refractivity contribution is 6.00. The highest BCUT2D eigenvalue weighted by Gasteiger charge is 2.57. The van der Waals surface area contributed by atoms with Crippen molar-refractivity contribution in [1.29, 1.82) is 0 Å². The zero-order valence-corrected chi connectivity index (χ0v) is 17.9. The third kappa shape index (κ3) is 4.15. The molecule has 2 amide bonds. The van der Waals surface area contributed by atoms with Crippen LogP contribution in [0.25, 0.3) is 4.85 Å². The van der Waals surface area contributed by atoms with Crippen LogP contribution in [0.15, 0.2) is 24.3 Å². The van der Waals surface area contributed by atoms with Gasteiger partial charge in [0.25, 0.3) is 0 Å². The Morgan fingerprint density at radius 3 is 2.20 bits per heavy atom. The van der Waals surface area contributed by atoms with Crippen LogP contribution in [0.4, 0.5) is 10.5 Å². The molecular formula is C23H29N3O4. The average molecular weight is 412 g/mol. The molecule has 0 radical (unpaired) electrons. The van der Waals surface area contributed by atoms with Gasteiger partial charge < -0.3 is 19.3 Å². The van der Waals surface area contributed by atoms with Gasteiger partial charge in [-0.05, 0) is 46.5 Å². The zero-order valence-electron chi connectivity index (χ0n) is 17.9. The first-order valence-corrected chi connectivity index (χ1v) is 10.6. The normalized spacial score (nSPS) is 21.9. The number of para-hydroxylation sites is 1. The summed E-state index contributed by atoms with van der Waals surface area (Å²) in [6.07, 6.45) is 2.93. The van der Waals surface area contributed by atoms with Crippen molar-refractivity contribution in [3.05, 3.63) is 41.2 Å². The minimum atomic E-state index is -0.523. The molecule has 0 bridgehead atoms. The van der Waals surface area contributed by atoms with Gasteiger partial charge in [-0.2, -0.15) is 0 Å². The highest BCUT2D eigenvalue weighted by atomic mass is 16.6. The van der Waals surface area contributed by atoms with E-state index in [4.69, 9.17) is 16.0 Å². The van der Waals surface area contributed by atoms with Gasteiger partial charge in [-0.1, -0.05) is 24.3 Å². The summed E-state index contributed by atoms with van der Waals surface area (Å²) in [7, 11) is 0. The third-order valence-corrected chi connectivity index (χ3v) is 6.07. The number of benzene rings is 1. The van der Waals surface area contributed by atoms with Crippen molar-refractivity contribution in [3.63, 3.8) is 0 Å². The van der Waals surface area contributed by atoms with Crippen LogP contribution in [0.3, 0.4) is 0 Å². The van der Waals surface area contributed by atoms with E-state index in [1.807, 2.05) is 25.7 Å². The third-order valence-electron chi connectivity index (χ3n) is 6.07. The van der Waals surface area contributed by atoms with E-state index in [0.29, 0.717) is 50.3 Å². The molecule has 30 heavy (non-hydrogen) atoms. The lowest BCUT2D eigenvalue weighted by Crippen LogP contribution is -2.62. The molecule has 3 fully saturated rings. The number of rotatable bonds is 1. The zero-order chi connectivity index (χ0) is 21.6. The van der Waals surface area contributed by atoms with Crippen molar-refractivity contribution < 1.29 is 19.1 Å². The molecule has 2 aliphatic heterocycles.